The molecule has 2 aromatic rings. The van der Waals surface area contributed by atoms with Gasteiger partial charge in [0.1, 0.15) is 5.82 Å². The van der Waals surface area contributed by atoms with Crippen molar-refractivity contribution in [3.8, 4) is 0 Å². The number of hydrogen-bond acceptors (Lipinski definition) is 3. The van der Waals surface area contributed by atoms with Crippen LogP contribution in [0.3, 0.4) is 0 Å². The molecule has 0 unspecified atom stereocenters. The molecule has 3 N–H and O–H groups in total. The van der Waals surface area contributed by atoms with Crippen LogP contribution in [-0.2, 0) is 6.54 Å². The first-order valence-corrected chi connectivity index (χ1v) is 5.84. The third kappa shape index (κ3) is 2.51. The van der Waals surface area contributed by atoms with E-state index < -0.39 is 5.82 Å². The smallest absolute Gasteiger partial charge is 0.173 e. The van der Waals surface area contributed by atoms with E-state index in [4.69, 9.17) is 10.9 Å². The first-order chi connectivity index (χ1) is 8.61. The summed E-state index contributed by atoms with van der Waals surface area (Å²) in [7, 11) is 0. The SMILES string of the molecule is N/C(=N/O)c1cccc(Cn2cc(Br)cn2)c1F. The van der Waals surface area contributed by atoms with Gasteiger partial charge in [-0.15, -0.1) is 0 Å². The minimum atomic E-state index is -0.514. The molecule has 18 heavy (non-hydrogen) atoms. The second kappa shape index (κ2) is 5.18. The van der Waals surface area contributed by atoms with Gasteiger partial charge in [0, 0.05) is 11.8 Å². The van der Waals surface area contributed by atoms with Gasteiger partial charge < -0.3 is 10.9 Å². The molecule has 0 atom stereocenters. The Kier molecular flexibility index (Phi) is 3.61. The minimum Gasteiger partial charge on any atom is -0.409 e. The maximum Gasteiger partial charge on any atom is 0.173 e. The lowest BCUT2D eigenvalue weighted by molar-refractivity contribution is 0.318. The predicted molar refractivity (Wildman–Crippen MR) is 67.9 cm³/mol. The first-order valence-electron chi connectivity index (χ1n) is 5.05. The van der Waals surface area contributed by atoms with Crippen LogP contribution in [0.1, 0.15) is 11.1 Å². The Morgan fingerprint density at radius 2 is 2.33 bits per heavy atom. The Labute approximate surface area is 111 Å². The van der Waals surface area contributed by atoms with E-state index in [1.54, 1.807) is 29.2 Å². The van der Waals surface area contributed by atoms with Crippen molar-refractivity contribution >= 4 is 21.8 Å². The van der Waals surface area contributed by atoms with Gasteiger partial charge >= 0.3 is 0 Å². The summed E-state index contributed by atoms with van der Waals surface area (Å²) in [5, 5.41) is 15.4. The molecule has 0 aliphatic rings. The van der Waals surface area contributed by atoms with E-state index in [-0.39, 0.29) is 17.9 Å². The molecule has 1 aromatic carbocycles. The van der Waals surface area contributed by atoms with E-state index in [2.05, 4.69) is 26.2 Å². The molecular weight excluding hydrogens is 303 g/mol. The molecule has 7 heteroatoms. The van der Waals surface area contributed by atoms with Crippen LogP contribution in [0.15, 0.2) is 40.2 Å². The van der Waals surface area contributed by atoms with Crippen molar-refractivity contribution in [3.05, 3.63) is 52.0 Å². The zero-order valence-corrected chi connectivity index (χ0v) is 10.8. The van der Waals surface area contributed by atoms with Crippen LogP contribution in [0.2, 0.25) is 0 Å². The van der Waals surface area contributed by atoms with Crippen LogP contribution >= 0.6 is 15.9 Å². The van der Waals surface area contributed by atoms with Crippen molar-refractivity contribution < 1.29 is 9.60 Å². The summed E-state index contributed by atoms with van der Waals surface area (Å²) in [4.78, 5) is 0. The van der Waals surface area contributed by atoms with Gasteiger partial charge in [0.2, 0.25) is 0 Å². The Hall–Kier alpha value is -1.89. The molecule has 2 rings (SSSR count). The third-order valence-electron chi connectivity index (χ3n) is 2.40. The Bertz CT molecular complexity index is 596. The van der Waals surface area contributed by atoms with Gasteiger partial charge in [0.25, 0.3) is 0 Å². The summed E-state index contributed by atoms with van der Waals surface area (Å²) < 4.78 is 16.5. The molecule has 1 heterocycles. The number of benzene rings is 1. The lowest BCUT2D eigenvalue weighted by atomic mass is 10.1. The van der Waals surface area contributed by atoms with Crippen molar-refractivity contribution in [1.82, 2.24) is 9.78 Å². The van der Waals surface area contributed by atoms with Gasteiger partial charge in [-0.25, -0.2) is 4.39 Å². The highest BCUT2D eigenvalue weighted by atomic mass is 79.9. The number of halogens is 2. The van der Waals surface area contributed by atoms with Crippen molar-refractivity contribution in [2.75, 3.05) is 0 Å². The Balaban J connectivity index is 2.34. The summed E-state index contributed by atoms with van der Waals surface area (Å²) in [6.07, 6.45) is 3.35. The van der Waals surface area contributed by atoms with E-state index in [1.807, 2.05) is 0 Å². The lowest BCUT2D eigenvalue weighted by Crippen LogP contribution is -2.16. The highest BCUT2D eigenvalue weighted by Crippen LogP contribution is 2.15. The van der Waals surface area contributed by atoms with E-state index in [0.29, 0.717) is 5.56 Å². The van der Waals surface area contributed by atoms with Gasteiger partial charge in [-0.3, -0.25) is 4.68 Å². The third-order valence-corrected chi connectivity index (χ3v) is 2.81. The lowest BCUT2D eigenvalue weighted by Gasteiger charge is -2.07. The fraction of sp³-hybridized carbons (Fsp3) is 0.0909. The van der Waals surface area contributed by atoms with Crippen LogP contribution in [0.4, 0.5) is 4.39 Å². The normalized spacial score (nSPS) is 11.8. The van der Waals surface area contributed by atoms with Crippen LogP contribution < -0.4 is 5.73 Å². The van der Waals surface area contributed by atoms with Gasteiger partial charge in [-0.2, -0.15) is 5.10 Å². The molecule has 0 amide bonds. The zero-order chi connectivity index (χ0) is 13.1. The van der Waals surface area contributed by atoms with Gasteiger partial charge in [-0.1, -0.05) is 17.3 Å². The molecule has 0 saturated carbocycles. The van der Waals surface area contributed by atoms with Crippen LogP contribution in [0.5, 0.6) is 0 Å². The zero-order valence-electron chi connectivity index (χ0n) is 9.22. The van der Waals surface area contributed by atoms with Gasteiger partial charge in [0.15, 0.2) is 5.84 Å². The number of nitrogens with two attached hydrogens (primary N) is 1. The van der Waals surface area contributed by atoms with Crippen LogP contribution in [-0.4, -0.2) is 20.8 Å². The summed E-state index contributed by atoms with van der Waals surface area (Å²) >= 11 is 3.26. The monoisotopic (exact) mass is 312 g/mol. The Morgan fingerprint density at radius 3 is 2.94 bits per heavy atom. The fourth-order valence-electron chi connectivity index (χ4n) is 1.55. The highest BCUT2D eigenvalue weighted by molar-refractivity contribution is 9.10. The molecule has 0 radical (unpaired) electrons. The second-order valence-corrected chi connectivity index (χ2v) is 4.54. The summed E-state index contributed by atoms with van der Waals surface area (Å²) in [5.41, 5.74) is 5.87. The molecule has 1 aromatic heterocycles. The van der Waals surface area contributed by atoms with E-state index in [1.165, 1.54) is 6.07 Å². The fourth-order valence-corrected chi connectivity index (χ4v) is 1.88. The predicted octanol–water partition coefficient (Wildman–Crippen LogP) is 1.93. The molecule has 0 spiro atoms. The van der Waals surface area contributed by atoms with E-state index in [9.17, 15) is 4.39 Å². The molecule has 0 saturated heterocycles. The number of amidine groups is 1. The molecule has 5 nitrogen and oxygen atoms in total. The quantitative estimate of drug-likeness (QED) is 0.393. The van der Waals surface area contributed by atoms with Crippen molar-refractivity contribution in [2.24, 2.45) is 10.9 Å². The van der Waals surface area contributed by atoms with Crippen molar-refractivity contribution in [1.29, 1.82) is 0 Å². The van der Waals surface area contributed by atoms with Gasteiger partial charge in [-0.05, 0) is 22.0 Å². The number of rotatable bonds is 3. The van der Waals surface area contributed by atoms with Crippen LogP contribution in [0, 0.1) is 5.82 Å². The van der Waals surface area contributed by atoms with E-state index in [0.717, 1.165) is 4.47 Å². The van der Waals surface area contributed by atoms with Crippen molar-refractivity contribution in [3.63, 3.8) is 0 Å². The standard InChI is InChI=1S/C11H10BrFN4O/c12-8-4-15-17(6-8)5-7-2-1-3-9(10(7)13)11(14)16-18/h1-4,6,18H,5H2,(H2,14,16). The summed E-state index contributed by atoms with van der Waals surface area (Å²) in [5.74, 6) is -0.768. The van der Waals surface area contributed by atoms with Crippen molar-refractivity contribution in [2.45, 2.75) is 6.54 Å². The summed E-state index contributed by atoms with van der Waals surface area (Å²) in [6, 6.07) is 4.72. The molecule has 0 bridgehead atoms. The van der Waals surface area contributed by atoms with Gasteiger partial charge in [0.05, 0.1) is 22.8 Å². The summed E-state index contributed by atoms with van der Waals surface area (Å²) in [6.45, 7) is 0.268. The average molecular weight is 313 g/mol. The largest absolute Gasteiger partial charge is 0.409 e. The molecule has 0 aliphatic heterocycles. The number of nitrogens with zero attached hydrogens (tertiary/aromatic N) is 3. The minimum absolute atomic E-state index is 0.0706. The maximum atomic E-state index is 14.1. The maximum absolute atomic E-state index is 14.1. The molecule has 0 fully saturated rings. The number of aromatic nitrogens is 2. The first kappa shape index (κ1) is 12.6. The number of oxime groups is 1. The molecule has 94 valence electrons. The topological polar surface area (TPSA) is 76.4 Å². The molecule has 0 aliphatic carbocycles. The van der Waals surface area contributed by atoms with Crippen LogP contribution in [0.25, 0.3) is 0 Å². The second-order valence-electron chi connectivity index (χ2n) is 3.62. The highest BCUT2D eigenvalue weighted by Gasteiger charge is 2.12. The average Bonchev–Trinajstić information content (AvgIpc) is 2.76. The molecular formula is C11H10BrFN4O. The number of hydrogen-bond donors (Lipinski definition) is 2. The van der Waals surface area contributed by atoms with E-state index >= 15 is 0 Å². The Morgan fingerprint density at radius 1 is 1.56 bits per heavy atom.